The van der Waals surface area contributed by atoms with Crippen molar-refractivity contribution in [1.82, 2.24) is 10.2 Å². The Hall–Kier alpha value is -1.75. The van der Waals surface area contributed by atoms with Gasteiger partial charge in [0.05, 0.1) is 6.04 Å². The van der Waals surface area contributed by atoms with Gasteiger partial charge in [-0.15, -0.1) is 24.8 Å². The van der Waals surface area contributed by atoms with E-state index in [0.29, 0.717) is 0 Å². The number of rotatable bonds is 4. The summed E-state index contributed by atoms with van der Waals surface area (Å²) in [5, 5.41) is 3.13. The first-order chi connectivity index (χ1) is 12.6. The van der Waals surface area contributed by atoms with Crippen molar-refractivity contribution in [2.75, 3.05) is 37.6 Å². The molecule has 0 radical (unpaired) electrons. The predicted molar refractivity (Wildman–Crippen MR) is 120 cm³/mol. The molecule has 1 amide bonds. The number of amides is 1. The van der Waals surface area contributed by atoms with Gasteiger partial charge in [0.15, 0.2) is 0 Å². The molecule has 2 heterocycles. The number of nitrogens with zero attached hydrogens (tertiary/aromatic N) is 2. The van der Waals surface area contributed by atoms with E-state index in [0.717, 1.165) is 50.3 Å². The summed E-state index contributed by atoms with van der Waals surface area (Å²) >= 11 is 0. The zero-order chi connectivity index (χ0) is 18.1. The monoisotopic (exact) mass is 421 g/mol. The van der Waals surface area contributed by atoms with E-state index < -0.39 is 0 Å². The number of aryl methyl sites for hydroxylation is 2. The minimum atomic E-state index is 0. The molecule has 0 bridgehead atoms. The summed E-state index contributed by atoms with van der Waals surface area (Å²) in [6.07, 6.45) is 0.979. The van der Waals surface area contributed by atoms with Gasteiger partial charge in [0.2, 0.25) is 0 Å². The third-order valence-electron chi connectivity index (χ3n) is 5.85. The van der Waals surface area contributed by atoms with E-state index in [2.05, 4.69) is 53.2 Å². The fourth-order valence-electron chi connectivity index (χ4n) is 4.01. The first kappa shape index (κ1) is 22.5. The molecule has 0 spiro atoms. The van der Waals surface area contributed by atoms with Gasteiger partial charge < -0.3 is 10.2 Å². The predicted octanol–water partition coefficient (Wildman–Crippen LogP) is 4.14. The maximum Gasteiger partial charge on any atom is 0.252 e. The summed E-state index contributed by atoms with van der Waals surface area (Å²) in [6, 6.07) is 14.9. The van der Waals surface area contributed by atoms with Crippen molar-refractivity contribution in [2.24, 2.45) is 0 Å². The fraction of sp³-hybridized carbons (Fsp3) is 0.409. The number of carbonyl (C=O) groups is 1. The van der Waals surface area contributed by atoms with E-state index in [-0.39, 0.29) is 36.8 Å². The second-order valence-corrected chi connectivity index (χ2v) is 7.50. The molecule has 28 heavy (non-hydrogen) atoms. The zero-order valence-corrected chi connectivity index (χ0v) is 18.1. The molecule has 2 aliphatic rings. The van der Waals surface area contributed by atoms with Gasteiger partial charge in [0.1, 0.15) is 0 Å². The number of anilines is 1. The first-order valence-corrected chi connectivity index (χ1v) is 9.56. The van der Waals surface area contributed by atoms with E-state index in [1.165, 1.54) is 16.8 Å². The average Bonchev–Trinajstić information content (AvgIpc) is 2.99. The van der Waals surface area contributed by atoms with E-state index in [9.17, 15) is 4.79 Å². The van der Waals surface area contributed by atoms with Crippen LogP contribution >= 0.6 is 24.8 Å². The van der Waals surface area contributed by atoms with E-state index >= 15 is 0 Å². The van der Waals surface area contributed by atoms with Gasteiger partial charge in [-0.3, -0.25) is 9.69 Å². The topological polar surface area (TPSA) is 35.6 Å². The molecule has 2 aromatic carbocycles. The molecule has 0 aliphatic carbocycles. The zero-order valence-electron chi connectivity index (χ0n) is 16.5. The molecule has 0 unspecified atom stereocenters. The average molecular weight is 422 g/mol. The molecule has 0 aromatic heterocycles. The number of halogens is 2. The summed E-state index contributed by atoms with van der Waals surface area (Å²) in [4.78, 5) is 17.0. The molecule has 4 nitrogen and oxygen atoms in total. The smallest absolute Gasteiger partial charge is 0.252 e. The van der Waals surface area contributed by atoms with Crippen LogP contribution in [-0.2, 0) is 0 Å². The molecule has 4 rings (SSSR count). The summed E-state index contributed by atoms with van der Waals surface area (Å²) in [5.41, 5.74) is 6.06. The lowest BCUT2D eigenvalue weighted by atomic mass is 10.0. The molecule has 0 saturated carbocycles. The first-order valence-electron chi connectivity index (χ1n) is 9.56. The Kier molecular flexibility index (Phi) is 7.76. The van der Waals surface area contributed by atoms with Crippen molar-refractivity contribution in [1.29, 1.82) is 0 Å². The van der Waals surface area contributed by atoms with Crippen molar-refractivity contribution in [2.45, 2.75) is 26.3 Å². The number of carbonyl (C=O) groups excluding carboxylic acids is 1. The van der Waals surface area contributed by atoms with Crippen LogP contribution in [0.4, 0.5) is 5.69 Å². The molecule has 2 aliphatic heterocycles. The third-order valence-corrected chi connectivity index (χ3v) is 5.85. The molecule has 152 valence electrons. The van der Waals surface area contributed by atoms with Crippen molar-refractivity contribution in [3.8, 4) is 0 Å². The molecule has 1 N–H and O–H groups in total. The fourth-order valence-corrected chi connectivity index (χ4v) is 4.01. The van der Waals surface area contributed by atoms with Gasteiger partial charge in [0.25, 0.3) is 5.91 Å². The van der Waals surface area contributed by atoms with Crippen molar-refractivity contribution >= 4 is 36.4 Å². The van der Waals surface area contributed by atoms with Crippen molar-refractivity contribution in [3.05, 3.63) is 64.7 Å². The largest absolute Gasteiger partial charge is 0.369 e. The molecule has 1 atom stereocenters. The molecule has 2 aromatic rings. The highest BCUT2D eigenvalue weighted by Gasteiger charge is 2.28. The van der Waals surface area contributed by atoms with Gasteiger partial charge in [-0.05, 0) is 55.2 Å². The van der Waals surface area contributed by atoms with Crippen molar-refractivity contribution in [3.63, 3.8) is 0 Å². The number of piperazine rings is 1. The maximum absolute atomic E-state index is 12.0. The summed E-state index contributed by atoms with van der Waals surface area (Å²) in [7, 11) is 0. The van der Waals surface area contributed by atoms with Crippen LogP contribution in [0.5, 0.6) is 0 Å². The number of hydrogen-bond acceptors (Lipinski definition) is 3. The molecular weight excluding hydrogens is 393 g/mol. The van der Waals surface area contributed by atoms with Crippen LogP contribution in [0.15, 0.2) is 42.5 Å². The normalized spacial score (nSPS) is 18.7. The minimum Gasteiger partial charge on any atom is -0.369 e. The van der Waals surface area contributed by atoms with Crippen LogP contribution in [0.3, 0.4) is 0 Å². The SMILES string of the molecule is Cc1ccc(N2CCN(CC[C@H]3NC(=O)c4ccccc43)CC2)cc1C.Cl.Cl. The van der Waals surface area contributed by atoms with Gasteiger partial charge >= 0.3 is 0 Å². The number of benzene rings is 2. The second kappa shape index (κ2) is 9.64. The van der Waals surface area contributed by atoms with Gasteiger partial charge in [0, 0.05) is 44.0 Å². The van der Waals surface area contributed by atoms with E-state index in [1.54, 1.807) is 0 Å². The van der Waals surface area contributed by atoms with Crippen LogP contribution in [-0.4, -0.2) is 43.5 Å². The third kappa shape index (κ3) is 4.62. The quantitative estimate of drug-likeness (QED) is 0.805. The van der Waals surface area contributed by atoms with Gasteiger partial charge in [-0.2, -0.15) is 0 Å². The van der Waals surface area contributed by atoms with Crippen LogP contribution in [0, 0.1) is 13.8 Å². The Morgan fingerprint density at radius 2 is 1.68 bits per heavy atom. The number of nitrogens with one attached hydrogen (secondary N) is 1. The Balaban J connectivity index is 0.00000140. The summed E-state index contributed by atoms with van der Waals surface area (Å²) < 4.78 is 0. The van der Waals surface area contributed by atoms with Crippen LogP contribution in [0.1, 0.15) is 39.5 Å². The van der Waals surface area contributed by atoms with Crippen LogP contribution in [0.2, 0.25) is 0 Å². The Bertz CT molecular complexity index is 819. The Morgan fingerprint density at radius 1 is 0.964 bits per heavy atom. The van der Waals surface area contributed by atoms with E-state index in [4.69, 9.17) is 0 Å². The number of hydrogen-bond donors (Lipinski definition) is 1. The van der Waals surface area contributed by atoms with Gasteiger partial charge in [-0.1, -0.05) is 24.3 Å². The lowest BCUT2D eigenvalue weighted by Gasteiger charge is -2.36. The van der Waals surface area contributed by atoms with E-state index in [1.807, 2.05) is 18.2 Å². The Labute approximate surface area is 180 Å². The summed E-state index contributed by atoms with van der Waals surface area (Å²) in [6.45, 7) is 9.66. The maximum atomic E-state index is 12.0. The number of fused-ring (bicyclic) bond motifs is 1. The highest BCUT2D eigenvalue weighted by atomic mass is 35.5. The standard InChI is InChI=1S/C22H27N3O.2ClH/c1-16-7-8-18(15-17(16)2)25-13-11-24(12-14-25)10-9-21-19-5-3-4-6-20(19)22(26)23-21;;/h3-8,15,21H,9-14H2,1-2H3,(H,23,26);2*1H/t21-;;/m1../s1. The van der Waals surface area contributed by atoms with Gasteiger partial charge in [-0.25, -0.2) is 0 Å². The van der Waals surface area contributed by atoms with Crippen LogP contribution in [0.25, 0.3) is 0 Å². The summed E-state index contributed by atoms with van der Waals surface area (Å²) in [5.74, 6) is 0.0742. The second-order valence-electron chi connectivity index (χ2n) is 7.50. The minimum absolute atomic E-state index is 0. The highest BCUT2D eigenvalue weighted by molar-refractivity contribution is 5.99. The lowest BCUT2D eigenvalue weighted by molar-refractivity contribution is 0.0952. The molecule has 1 saturated heterocycles. The van der Waals surface area contributed by atoms with Crippen molar-refractivity contribution < 1.29 is 4.79 Å². The van der Waals surface area contributed by atoms with Crippen LogP contribution < -0.4 is 10.2 Å². The highest BCUT2D eigenvalue weighted by Crippen LogP contribution is 2.28. The molecular formula is C22H29Cl2N3O. The molecule has 1 fully saturated rings. The lowest BCUT2D eigenvalue weighted by Crippen LogP contribution is -2.47. The molecule has 6 heteroatoms. The Morgan fingerprint density at radius 3 is 2.39 bits per heavy atom.